The van der Waals surface area contributed by atoms with E-state index in [1.54, 1.807) is 0 Å². The summed E-state index contributed by atoms with van der Waals surface area (Å²) in [6.45, 7) is 0. The average Bonchev–Trinajstić information content (AvgIpc) is 2.16. The van der Waals surface area contributed by atoms with Gasteiger partial charge in [-0.2, -0.15) is 0 Å². The number of hydrogen-bond acceptors (Lipinski definition) is 1. The zero-order chi connectivity index (χ0) is 7.12. The number of aliphatic hydroxyl groups is 1. The molecule has 0 amide bonds. The first-order chi connectivity index (χ1) is 5.28. The van der Waals surface area contributed by atoms with Crippen molar-refractivity contribution in [2.75, 3.05) is 0 Å². The van der Waals surface area contributed by atoms with Gasteiger partial charge in [0.25, 0.3) is 0 Å². The van der Waals surface area contributed by atoms with Crippen LogP contribution in [-0.2, 0) is 0 Å². The minimum Gasteiger partial charge on any atom is -0.393 e. The van der Waals surface area contributed by atoms with Crippen molar-refractivity contribution in [3.8, 4) is 0 Å². The van der Waals surface area contributed by atoms with Crippen molar-refractivity contribution in [2.24, 2.45) is 41.4 Å². The van der Waals surface area contributed by atoms with Crippen molar-refractivity contribution in [1.82, 2.24) is 0 Å². The molecule has 58 valence electrons. The minimum absolute atomic E-state index is 0.115. The van der Waals surface area contributed by atoms with E-state index in [0.29, 0.717) is 4.32 Å². The summed E-state index contributed by atoms with van der Waals surface area (Å²) in [5, 5.41) is 9.84. The molecule has 0 aromatic heterocycles. The molecule has 11 heavy (non-hydrogen) atoms. The third-order valence-corrected chi connectivity index (χ3v) is 7.28. The Morgan fingerprint density at radius 2 is 1.45 bits per heavy atom. The van der Waals surface area contributed by atoms with Gasteiger partial charge < -0.3 is 5.11 Å². The fourth-order valence-electron chi connectivity index (χ4n) is 5.73. The van der Waals surface area contributed by atoms with Crippen molar-refractivity contribution in [3.63, 3.8) is 0 Å². The topological polar surface area (TPSA) is 20.2 Å². The first-order valence-corrected chi connectivity index (χ1v) is 5.44. The van der Waals surface area contributed by atoms with Gasteiger partial charge in [0.15, 0.2) is 0 Å². The molecule has 1 nitrogen and oxygen atoms in total. The summed E-state index contributed by atoms with van der Waals surface area (Å²) < 4.78 is 0.584. The van der Waals surface area contributed by atoms with E-state index in [1.807, 2.05) is 0 Å². The molecule has 0 aromatic carbocycles. The summed E-state index contributed by atoms with van der Waals surface area (Å²) in [6.07, 6.45) is 0.115. The average molecular weight is 213 g/mol. The number of halogens is 1. The standard InChI is InChI=1S/C9H9BrO/c10-9-5-2-1-3(5)7(9)4(6(2)9)8(1)11/h1-8,11H. The van der Waals surface area contributed by atoms with Crippen LogP contribution in [0, 0.1) is 41.4 Å². The van der Waals surface area contributed by atoms with Gasteiger partial charge in [-0.3, -0.25) is 0 Å². The van der Waals surface area contributed by atoms with Crippen LogP contribution in [0.3, 0.4) is 0 Å². The van der Waals surface area contributed by atoms with E-state index >= 15 is 0 Å². The molecule has 6 aliphatic carbocycles. The molecule has 6 aliphatic rings. The Morgan fingerprint density at radius 1 is 0.909 bits per heavy atom. The molecule has 0 spiro atoms. The van der Waals surface area contributed by atoms with Gasteiger partial charge in [-0.1, -0.05) is 15.9 Å². The third kappa shape index (κ3) is 0.218. The molecule has 0 radical (unpaired) electrons. The Kier molecular flexibility index (Phi) is 0.477. The summed E-state index contributed by atoms with van der Waals surface area (Å²) >= 11 is 3.89. The van der Waals surface area contributed by atoms with E-state index in [9.17, 15) is 5.11 Å². The largest absolute Gasteiger partial charge is 0.393 e. The van der Waals surface area contributed by atoms with Crippen LogP contribution < -0.4 is 0 Å². The lowest BCUT2D eigenvalue weighted by Gasteiger charge is -2.88. The van der Waals surface area contributed by atoms with Crippen LogP contribution in [0.2, 0.25) is 0 Å². The van der Waals surface area contributed by atoms with Crippen molar-refractivity contribution in [3.05, 3.63) is 0 Å². The van der Waals surface area contributed by atoms with Gasteiger partial charge in [0.05, 0.1) is 6.10 Å². The summed E-state index contributed by atoms with van der Waals surface area (Å²) in [5.41, 5.74) is 0. The zero-order valence-corrected chi connectivity index (χ0v) is 7.53. The highest BCUT2D eigenvalue weighted by Crippen LogP contribution is 2.98. The van der Waals surface area contributed by atoms with Gasteiger partial charge in [0.1, 0.15) is 0 Å². The van der Waals surface area contributed by atoms with E-state index in [0.717, 1.165) is 41.4 Å². The minimum atomic E-state index is 0.115. The van der Waals surface area contributed by atoms with Crippen molar-refractivity contribution in [1.29, 1.82) is 0 Å². The lowest BCUT2D eigenvalue weighted by Crippen LogP contribution is -2.90. The first kappa shape index (κ1) is 5.23. The summed E-state index contributed by atoms with van der Waals surface area (Å²) in [7, 11) is 0. The maximum Gasteiger partial charge on any atom is 0.0608 e. The second kappa shape index (κ2) is 1.00. The molecule has 5 unspecified atom stereocenters. The van der Waals surface area contributed by atoms with Crippen LogP contribution in [0.15, 0.2) is 0 Å². The highest BCUT2D eigenvalue weighted by molar-refractivity contribution is 9.10. The van der Waals surface area contributed by atoms with Gasteiger partial charge in [-0.15, -0.1) is 0 Å². The van der Waals surface area contributed by atoms with Gasteiger partial charge in [0, 0.05) is 4.32 Å². The smallest absolute Gasteiger partial charge is 0.0608 e. The SMILES string of the molecule is OC1C2C3C4C1C1C2C3C41Br. The normalized spacial score (nSPS) is 96.5. The molecule has 5 atom stereocenters. The second-order valence-corrected chi connectivity index (χ2v) is 6.58. The monoisotopic (exact) mass is 212 g/mol. The molecular weight excluding hydrogens is 204 g/mol. The molecule has 6 rings (SSSR count). The molecule has 0 aliphatic heterocycles. The molecule has 6 saturated carbocycles. The highest BCUT2D eigenvalue weighted by atomic mass is 79.9. The van der Waals surface area contributed by atoms with Crippen LogP contribution in [0.25, 0.3) is 0 Å². The van der Waals surface area contributed by atoms with E-state index < -0.39 is 0 Å². The molecule has 2 heteroatoms. The second-order valence-electron chi connectivity index (χ2n) is 5.20. The Morgan fingerprint density at radius 3 is 1.91 bits per heavy atom. The van der Waals surface area contributed by atoms with Gasteiger partial charge in [-0.05, 0) is 41.4 Å². The van der Waals surface area contributed by atoms with E-state index in [1.165, 1.54) is 0 Å². The predicted molar refractivity (Wildman–Crippen MR) is 42.1 cm³/mol. The van der Waals surface area contributed by atoms with E-state index in [-0.39, 0.29) is 6.10 Å². The number of hydrogen-bond donors (Lipinski definition) is 1. The van der Waals surface area contributed by atoms with Crippen LogP contribution in [0.5, 0.6) is 0 Å². The Hall–Kier alpha value is 0.440. The van der Waals surface area contributed by atoms with Gasteiger partial charge in [-0.25, -0.2) is 0 Å². The third-order valence-electron chi connectivity index (χ3n) is 5.70. The Bertz CT molecular complexity index is 282. The van der Waals surface area contributed by atoms with Crippen LogP contribution in [-0.4, -0.2) is 15.5 Å². The fraction of sp³-hybridized carbons (Fsp3) is 1.00. The summed E-state index contributed by atoms with van der Waals surface area (Å²) in [5.74, 6) is 6.24. The molecule has 0 saturated heterocycles. The molecular formula is C9H9BrO. The Balaban J connectivity index is 1.84. The lowest BCUT2D eigenvalue weighted by molar-refractivity contribution is -0.349. The quantitative estimate of drug-likeness (QED) is 0.592. The van der Waals surface area contributed by atoms with Crippen molar-refractivity contribution < 1.29 is 5.11 Å². The summed E-state index contributed by atoms with van der Waals surface area (Å²) in [4.78, 5) is 0. The summed E-state index contributed by atoms with van der Waals surface area (Å²) in [6, 6.07) is 0. The van der Waals surface area contributed by atoms with Crippen LogP contribution >= 0.6 is 15.9 Å². The van der Waals surface area contributed by atoms with Crippen molar-refractivity contribution >= 4 is 15.9 Å². The molecule has 0 aromatic rings. The Labute approximate surface area is 73.3 Å². The van der Waals surface area contributed by atoms with Gasteiger partial charge in [0.2, 0.25) is 0 Å². The molecule has 0 heterocycles. The zero-order valence-electron chi connectivity index (χ0n) is 5.94. The number of rotatable bonds is 0. The van der Waals surface area contributed by atoms with Crippen LogP contribution in [0.4, 0.5) is 0 Å². The predicted octanol–water partition coefficient (Wildman–Crippen LogP) is 0.862. The molecule has 1 N–H and O–H groups in total. The van der Waals surface area contributed by atoms with Gasteiger partial charge >= 0.3 is 0 Å². The first-order valence-electron chi connectivity index (χ1n) is 4.65. The lowest BCUT2D eigenvalue weighted by atomic mass is 9.20. The maximum atomic E-state index is 9.84. The fourth-order valence-corrected chi connectivity index (χ4v) is 7.56. The van der Waals surface area contributed by atoms with Crippen molar-refractivity contribution in [2.45, 2.75) is 10.4 Å². The molecule has 6 fully saturated rings. The number of aliphatic hydroxyl groups excluding tert-OH is 1. The van der Waals surface area contributed by atoms with E-state index in [2.05, 4.69) is 15.9 Å². The number of alkyl halides is 1. The van der Waals surface area contributed by atoms with Crippen LogP contribution in [0.1, 0.15) is 0 Å². The van der Waals surface area contributed by atoms with E-state index in [4.69, 9.17) is 0 Å². The molecule has 2 bridgehead atoms. The maximum absolute atomic E-state index is 9.84. The highest BCUT2D eigenvalue weighted by Gasteiger charge is 2.99.